The second kappa shape index (κ2) is 41.2. The van der Waals surface area contributed by atoms with E-state index in [0.717, 1.165) is 38.5 Å². The molecule has 0 heterocycles. The fraction of sp³-hybridized carbons (Fsp3) is 0.696. The Morgan fingerprint density at radius 2 is 1.06 bits per heavy atom. The number of phosphoric ester groups is 2. The number of allylic oxidation sites excluding steroid dienone is 10. The summed E-state index contributed by atoms with van der Waals surface area (Å²) in [6.45, 7) is 1.46. The van der Waals surface area contributed by atoms with Crippen molar-refractivity contribution in [3.63, 3.8) is 0 Å². The Morgan fingerprint density at radius 1 is 0.548 bits per heavy atom. The summed E-state index contributed by atoms with van der Waals surface area (Å²) in [5, 5.41) is 19.6. The number of phosphoric acid groups is 2. The van der Waals surface area contributed by atoms with Gasteiger partial charge in [-0.1, -0.05) is 177 Å². The van der Waals surface area contributed by atoms with Crippen molar-refractivity contribution in [2.45, 2.75) is 180 Å². The van der Waals surface area contributed by atoms with Crippen molar-refractivity contribution in [2.24, 2.45) is 0 Å². The lowest BCUT2D eigenvalue weighted by Gasteiger charge is -2.20. The van der Waals surface area contributed by atoms with Gasteiger partial charge in [-0.2, -0.15) is 0 Å². The first-order valence-corrected chi connectivity index (χ1v) is 25.8. The Bertz CT molecular complexity index is 1390. The molecule has 0 amide bonds. The van der Waals surface area contributed by atoms with Gasteiger partial charge in [0, 0.05) is 12.8 Å². The SMILES string of the molecule is CC/C=C\CC(O)/C=C/C=C/C/C=C\C/C=C\C/C=C\CCC(=O)O[C@H](COC(=O)CCCCCCCCCCCCCCCCC)COP(=O)(O)OC[C@@H](O)COP(=O)(O)O. The third kappa shape index (κ3) is 44.1. The van der Waals surface area contributed by atoms with Gasteiger partial charge in [0.25, 0.3) is 0 Å². The van der Waals surface area contributed by atoms with Crippen molar-refractivity contribution in [3.8, 4) is 0 Å². The average molecular weight is 919 g/mol. The zero-order chi connectivity index (χ0) is 46.0. The summed E-state index contributed by atoms with van der Waals surface area (Å²) in [6.07, 6.45) is 42.3. The number of esters is 2. The minimum atomic E-state index is -4.88. The van der Waals surface area contributed by atoms with E-state index < -0.39 is 72.3 Å². The highest BCUT2D eigenvalue weighted by Crippen LogP contribution is 2.43. The number of unbranched alkanes of at least 4 members (excludes halogenated alkanes) is 14. The third-order valence-electron chi connectivity index (χ3n) is 9.19. The van der Waals surface area contributed by atoms with Crippen LogP contribution in [-0.2, 0) is 41.8 Å². The zero-order valence-corrected chi connectivity index (χ0v) is 39.3. The molecule has 0 aromatic rings. The van der Waals surface area contributed by atoms with Crippen LogP contribution in [0, 0.1) is 0 Å². The fourth-order valence-corrected chi connectivity index (χ4v) is 6.91. The second-order valence-electron chi connectivity index (χ2n) is 15.2. The largest absolute Gasteiger partial charge is 0.472 e. The van der Waals surface area contributed by atoms with Crippen molar-refractivity contribution in [1.82, 2.24) is 0 Å². The molecule has 62 heavy (non-hydrogen) atoms. The molecule has 14 nitrogen and oxygen atoms in total. The molecule has 0 aromatic carbocycles. The topological polar surface area (TPSA) is 216 Å². The molecule has 0 bridgehead atoms. The van der Waals surface area contributed by atoms with Gasteiger partial charge >= 0.3 is 27.6 Å². The van der Waals surface area contributed by atoms with Crippen molar-refractivity contribution in [1.29, 1.82) is 0 Å². The van der Waals surface area contributed by atoms with Gasteiger partial charge in [0.2, 0.25) is 0 Å². The highest BCUT2D eigenvalue weighted by molar-refractivity contribution is 7.47. The lowest BCUT2D eigenvalue weighted by molar-refractivity contribution is -0.161. The molecule has 0 aromatic heterocycles. The maximum atomic E-state index is 12.6. The van der Waals surface area contributed by atoms with Crippen LogP contribution >= 0.6 is 15.6 Å². The maximum Gasteiger partial charge on any atom is 0.472 e. The summed E-state index contributed by atoms with van der Waals surface area (Å²) in [5.41, 5.74) is 0. The average Bonchev–Trinajstić information content (AvgIpc) is 3.23. The minimum absolute atomic E-state index is 0.0108. The van der Waals surface area contributed by atoms with Gasteiger partial charge in [-0.3, -0.25) is 23.2 Å². The van der Waals surface area contributed by atoms with Crippen LogP contribution in [0.15, 0.2) is 72.9 Å². The van der Waals surface area contributed by atoms with Crippen LogP contribution in [0.1, 0.15) is 162 Å². The normalized spacial score (nSPS) is 15.1. The Morgan fingerprint density at radius 3 is 1.63 bits per heavy atom. The van der Waals surface area contributed by atoms with Gasteiger partial charge in [-0.25, -0.2) is 9.13 Å². The van der Waals surface area contributed by atoms with Crippen LogP contribution in [-0.4, -0.2) is 81.6 Å². The molecule has 0 aliphatic rings. The first-order chi connectivity index (χ1) is 29.8. The molecule has 4 atom stereocenters. The van der Waals surface area contributed by atoms with Crippen LogP contribution in [0.25, 0.3) is 0 Å². The van der Waals surface area contributed by atoms with E-state index in [1.165, 1.54) is 70.6 Å². The van der Waals surface area contributed by atoms with E-state index in [1.54, 1.807) is 6.08 Å². The number of rotatable bonds is 42. The molecule has 0 saturated heterocycles. The number of carbonyl (C=O) groups is 2. The highest BCUT2D eigenvalue weighted by atomic mass is 31.2. The fourth-order valence-electron chi connectivity index (χ4n) is 5.75. The molecule has 0 rings (SSSR count). The molecular formula is C46H80O14P2. The molecule has 0 radical (unpaired) electrons. The van der Waals surface area contributed by atoms with Crippen LogP contribution in [0.5, 0.6) is 0 Å². The van der Waals surface area contributed by atoms with E-state index in [-0.39, 0.29) is 12.8 Å². The molecule has 0 aliphatic carbocycles. The van der Waals surface area contributed by atoms with Gasteiger partial charge in [0.15, 0.2) is 6.10 Å². The van der Waals surface area contributed by atoms with E-state index in [4.69, 9.17) is 23.8 Å². The molecule has 358 valence electrons. The molecule has 2 unspecified atom stereocenters. The highest BCUT2D eigenvalue weighted by Gasteiger charge is 2.28. The summed E-state index contributed by atoms with van der Waals surface area (Å²) in [5.74, 6) is -1.15. The number of aliphatic hydroxyl groups excluding tert-OH is 2. The lowest BCUT2D eigenvalue weighted by Crippen LogP contribution is -2.29. The van der Waals surface area contributed by atoms with Crippen molar-refractivity contribution in [3.05, 3.63) is 72.9 Å². The first kappa shape index (κ1) is 59.5. The molecule has 0 aliphatic heterocycles. The van der Waals surface area contributed by atoms with Gasteiger partial charge in [0.1, 0.15) is 12.7 Å². The molecule has 0 saturated carbocycles. The molecular weight excluding hydrogens is 838 g/mol. The number of aliphatic hydroxyl groups is 2. The lowest BCUT2D eigenvalue weighted by atomic mass is 10.0. The summed E-state index contributed by atoms with van der Waals surface area (Å²) in [4.78, 5) is 52.7. The smallest absolute Gasteiger partial charge is 0.462 e. The predicted molar refractivity (Wildman–Crippen MR) is 245 cm³/mol. The Labute approximate surface area is 372 Å². The zero-order valence-electron chi connectivity index (χ0n) is 37.6. The van der Waals surface area contributed by atoms with Crippen molar-refractivity contribution in [2.75, 3.05) is 26.4 Å². The quantitative estimate of drug-likeness (QED) is 0.0127. The van der Waals surface area contributed by atoms with Crippen LogP contribution in [0.4, 0.5) is 0 Å². The Balaban J connectivity index is 4.66. The minimum Gasteiger partial charge on any atom is -0.462 e. The van der Waals surface area contributed by atoms with Crippen LogP contribution < -0.4 is 0 Å². The molecule has 0 spiro atoms. The summed E-state index contributed by atoms with van der Waals surface area (Å²) >= 11 is 0. The second-order valence-corrected chi connectivity index (χ2v) is 17.8. The van der Waals surface area contributed by atoms with Crippen LogP contribution in [0.2, 0.25) is 0 Å². The van der Waals surface area contributed by atoms with Gasteiger partial charge in [-0.05, 0) is 44.9 Å². The van der Waals surface area contributed by atoms with Gasteiger partial charge in [-0.15, -0.1) is 0 Å². The Kier molecular flexibility index (Phi) is 39.6. The van der Waals surface area contributed by atoms with Gasteiger partial charge < -0.3 is 34.4 Å². The molecule has 0 fully saturated rings. The number of carbonyl (C=O) groups excluding carboxylic acids is 2. The summed E-state index contributed by atoms with van der Waals surface area (Å²) in [6, 6.07) is 0. The number of hydrogen-bond acceptors (Lipinski definition) is 11. The van der Waals surface area contributed by atoms with Gasteiger partial charge in [0.05, 0.1) is 25.9 Å². The van der Waals surface area contributed by atoms with E-state index in [2.05, 4.69) is 35.0 Å². The number of ether oxygens (including phenoxy) is 2. The van der Waals surface area contributed by atoms with E-state index in [9.17, 15) is 33.8 Å². The van der Waals surface area contributed by atoms with E-state index in [1.807, 2.05) is 54.7 Å². The predicted octanol–water partition coefficient (Wildman–Crippen LogP) is 10.8. The summed E-state index contributed by atoms with van der Waals surface area (Å²) in [7, 11) is -9.72. The van der Waals surface area contributed by atoms with Crippen molar-refractivity contribution >= 4 is 27.6 Å². The number of hydrogen-bond donors (Lipinski definition) is 5. The molecule has 16 heteroatoms. The van der Waals surface area contributed by atoms with Crippen LogP contribution in [0.3, 0.4) is 0 Å². The summed E-state index contributed by atoms with van der Waals surface area (Å²) < 4.78 is 47.7. The molecule has 5 N–H and O–H groups in total. The van der Waals surface area contributed by atoms with E-state index >= 15 is 0 Å². The van der Waals surface area contributed by atoms with Crippen molar-refractivity contribution < 1.29 is 66.7 Å². The maximum absolute atomic E-state index is 12.6. The van der Waals surface area contributed by atoms with E-state index in [0.29, 0.717) is 25.7 Å². The first-order valence-electron chi connectivity index (χ1n) is 22.7. The monoisotopic (exact) mass is 919 g/mol. The Hall–Kier alpha value is -2.48. The third-order valence-corrected chi connectivity index (χ3v) is 10.6. The standard InChI is InChI=1S/C46H80O14P2/c1-3-5-7-8-9-10-11-12-13-16-19-22-25-28-32-36-45(49)56-40-44(41-59-62(54,55)58-39-43(48)38-57-61(51,52)53)60-46(50)37-33-29-26-23-20-17-14-15-18-21-24-27-31-35-42(47)34-30-6-4-2/h6,15,17-18,20,24,26-27,29-31,35,42-44,47-48H,3-5,7-14,16,19,21-23,25,28,32-34,36-41H2,1-2H3,(H,54,55)(H2,51,52,53)/b18-15-,20-17-,27-24+,29-26-,30-6-,35-31+/t42?,43-,44+/m0/s1.